The van der Waals surface area contributed by atoms with Crippen molar-refractivity contribution in [2.75, 3.05) is 10.7 Å². The highest BCUT2D eigenvalue weighted by Crippen LogP contribution is 2.39. The normalized spacial score (nSPS) is 14.6. The van der Waals surface area contributed by atoms with Crippen molar-refractivity contribution in [1.29, 1.82) is 0 Å². The molecule has 2 aromatic rings. The predicted molar refractivity (Wildman–Crippen MR) is 105 cm³/mol. The van der Waals surface area contributed by atoms with E-state index in [0.29, 0.717) is 21.2 Å². The molecule has 0 fully saturated rings. The van der Waals surface area contributed by atoms with Crippen LogP contribution in [0.4, 0.5) is 5.69 Å². The molecule has 0 aromatic heterocycles. The van der Waals surface area contributed by atoms with Crippen LogP contribution in [0.15, 0.2) is 47.4 Å². The van der Waals surface area contributed by atoms with Crippen LogP contribution in [0.1, 0.15) is 23.6 Å². The van der Waals surface area contributed by atoms with E-state index in [1.807, 2.05) is 39.0 Å². The van der Waals surface area contributed by atoms with Gasteiger partial charge in [0.25, 0.3) is 11.8 Å². The fourth-order valence-corrected chi connectivity index (χ4v) is 3.92. The second kappa shape index (κ2) is 7.06. The molecule has 3 nitrogen and oxygen atoms in total. The first kappa shape index (κ1) is 17.8. The van der Waals surface area contributed by atoms with Crippen LogP contribution in [0.2, 0.25) is 5.02 Å². The Hall–Kier alpha value is -2.04. The van der Waals surface area contributed by atoms with Crippen molar-refractivity contribution in [3.05, 3.63) is 69.1 Å². The lowest BCUT2D eigenvalue weighted by Crippen LogP contribution is -2.31. The van der Waals surface area contributed by atoms with Crippen molar-refractivity contribution in [3.8, 4) is 0 Å². The van der Waals surface area contributed by atoms with Crippen LogP contribution in [0.25, 0.3) is 5.57 Å². The average molecular weight is 372 g/mol. The summed E-state index contributed by atoms with van der Waals surface area (Å²) >= 11 is 7.34. The number of rotatable bonds is 4. The molecule has 0 aliphatic carbocycles. The number of halogens is 1. The number of imide groups is 1. The Balaban J connectivity index is 2.12. The lowest BCUT2D eigenvalue weighted by Gasteiger charge is -2.15. The number of hydrogen-bond acceptors (Lipinski definition) is 3. The summed E-state index contributed by atoms with van der Waals surface area (Å²) in [4.78, 5) is 27.8. The molecule has 0 saturated carbocycles. The lowest BCUT2D eigenvalue weighted by atomic mass is 9.99. The smallest absolute Gasteiger partial charge is 0.268 e. The van der Waals surface area contributed by atoms with Gasteiger partial charge >= 0.3 is 0 Å². The fourth-order valence-electron chi connectivity index (χ4n) is 2.94. The number of nitrogens with zero attached hydrogens (tertiary/aromatic N) is 1. The fraction of sp³-hybridized carbons (Fsp3) is 0.200. The Kier molecular flexibility index (Phi) is 5.02. The molecular formula is C20H18ClNO2S. The third-order valence-corrected chi connectivity index (χ3v) is 5.27. The predicted octanol–water partition coefficient (Wildman–Crippen LogP) is 4.99. The molecule has 0 unspecified atom stereocenters. The molecule has 5 heteroatoms. The number of anilines is 1. The van der Waals surface area contributed by atoms with Gasteiger partial charge in [0.15, 0.2) is 0 Å². The Morgan fingerprint density at radius 1 is 1.00 bits per heavy atom. The van der Waals surface area contributed by atoms with Gasteiger partial charge in [0.1, 0.15) is 0 Å². The number of benzene rings is 2. The van der Waals surface area contributed by atoms with E-state index >= 15 is 0 Å². The topological polar surface area (TPSA) is 37.4 Å². The van der Waals surface area contributed by atoms with Crippen LogP contribution >= 0.6 is 23.4 Å². The molecule has 0 saturated heterocycles. The van der Waals surface area contributed by atoms with Crippen LogP contribution in [0.3, 0.4) is 0 Å². The molecule has 25 heavy (non-hydrogen) atoms. The van der Waals surface area contributed by atoms with Crippen molar-refractivity contribution in [2.24, 2.45) is 0 Å². The van der Waals surface area contributed by atoms with Crippen LogP contribution in [-0.4, -0.2) is 17.6 Å². The van der Waals surface area contributed by atoms with E-state index in [0.717, 1.165) is 22.4 Å². The summed E-state index contributed by atoms with van der Waals surface area (Å²) < 4.78 is 0. The third-order valence-electron chi connectivity index (χ3n) is 4.07. The first-order chi connectivity index (χ1) is 11.9. The first-order valence-corrected chi connectivity index (χ1v) is 9.39. The zero-order valence-corrected chi connectivity index (χ0v) is 15.9. The average Bonchev–Trinajstić information content (AvgIpc) is 2.80. The Labute approximate surface area is 156 Å². The zero-order chi connectivity index (χ0) is 18.1. The van der Waals surface area contributed by atoms with Crippen LogP contribution in [-0.2, 0) is 9.59 Å². The first-order valence-electron chi connectivity index (χ1n) is 8.03. The van der Waals surface area contributed by atoms with Gasteiger partial charge in [-0.2, -0.15) is 0 Å². The molecule has 3 rings (SSSR count). The van der Waals surface area contributed by atoms with E-state index in [2.05, 4.69) is 0 Å². The minimum Gasteiger partial charge on any atom is -0.268 e. The highest BCUT2D eigenvalue weighted by atomic mass is 35.5. The third kappa shape index (κ3) is 3.24. The van der Waals surface area contributed by atoms with E-state index in [1.54, 1.807) is 24.3 Å². The molecule has 1 aliphatic heterocycles. The number of aryl methyl sites for hydroxylation is 2. The minimum absolute atomic E-state index is 0.269. The quantitative estimate of drug-likeness (QED) is 0.710. The summed E-state index contributed by atoms with van der Waals surface area (Å²) in [6.07, 6.45) is 0. The zero-order valence-electron chi connectivity index (χ0n) is 14.3. The van der Waals surface area contributed by atoms with Gasteiger partial charge < -0.3 is 0 Å². The molecule has 0 spiro atoms. The minimum atomic E-state index is -0.282. The summed E-state index contributed by atoms with van der Waals surface area (Å²) in [5, 5.41) is 0.563. The van der Waals surface area contributed by atoms with Gasteiger partial charge in [-0.1, -0.05) is 42.3 Å². The molecule has 0 radical (unpaired) electrons. The van der Waals surface area contributed by atoms with E-state index in [9.17, 15) is 9.59 Å². The molecule has 0 bridgehead atoms. The standard InChI is InChI=1S/C20H18ClNO2S/c1-4-25-18-17(16-10-5-12(2)11-13(16)3)19(23)22(20(18)24)15-8-6-14(21)7-9-15/h5-11H,4H2,1-3H3. The van der Waals surface area contributed by atoms with Crippen molar-refractivity contribution in [3.63, 3.8) is 0 Å². The van der Waals surface area contributed by atoms with Crippen molar-refractivity contribution in [2.45, 2.75) is 20.8 Å². The molecule has 1 heterocycles. The highest BCUT2D eigenvalue weighted by Gasteiger charge is 2.40. The summed E-state index contributed by atoms with van der Waals surface area (Å²) in [5.41, 5.74) is 3.95. The number of amides is 2. The molecule has 0 N–H and O–H groups in total. The number of carbonyl (C=O) groups is 2. The largest absolute Gasteiger partial charge is 0.272 e. The molecule has 0 atom stereocenters. The molecule has 128 valence electrons. The van der Waals surface area contributed by atoms with Crippen molar-refractivity contribution < 1.29 is 9.59 Å². The molecule has 2 amide bonds. The maximum Gasteiger partial charge on any atom is 0.272 e. The maximum absolute atomic E-state index is 13.1. The van der Waals surface area contributed by atoms with E-state index in [4.69, 9.17) is 11.6 Å². The highest BCUT2D eigenvalue weighted by molar-refractivity contribution is 8.04. The van der Waals surface area contributed by atoms with Crippen molar-refractivity contribution in [1.82, 2.24) is 0 Å². The van der Waals surface area contributed by atoms with Gasteiger partial charge in [0, 0.05) is 5.02 Å². The van der Waals surface area contributed by atoms with Crippen LogP contribution < -0.4 is 4.90 Å². The van der Waals surface area contributed by atoms with Crippen LogP contribution in [0, 0.1) is 13.8 Å². The summed E-state index contributed by atoms with van der Waals surface area (Å²) in [7, 11) is 0. The number of hydrogen-bond donors (Lipinski definition) is 0. The van der Waals surface area contributed by atoms with Gasteiger partial charge in [0.05, 0.1) is 16.2 Å². The van der Waals surface area contributed by atoms with Gasteiger partial charge in [0.2, 0.25) is 0 Å². The number of thioether (sulfide) groups is 1. The van der Waals surface area contributed by atoms with E-state index in [-0.39, 0.29) is 11.8 Å². The number of carbonyl (C=O) groups excluding carboxylic acids is 2. The second-order valence-corrected chi connectivity index (χ2v) is 7.59. The summed E-state index contributed by atoms with van der Waals surface area (Å²) in [5.74, 6) is 0.168. The summed E-state index contributed by atoms with van der Waals surface area (Å²) in [6.45, 7) is 5.95. The SMILES string of the molecule is CCSC1=C(c2ccc(C)cc2C)C(=O)N(c2ccc(Cl)cc2)C1=O. The lowest BCUT2D eigenvalue weighted by molar-refractivity contribution is -0.119. The van der Waals surface area contributed by atoms with Gasteiger partial charge in [-0.05, 0) is 55.0 Å². The van der Waals surface area contributed by atoms with Gasteiger partial charge in [-0.3, -0.25) is 9.59 Å². The monoisotopic (exact) mass is 371 g/mol. The van der Waals surface area contributed by atoms with E-state index in [1.165, 1.54) is 16.7 Å². The second-order valence-electron chi connectivity index (χ2n) is 5.88. The Bertz CT molecular complexity index is 887. The molecular weight excluding hydrogens is 354 g/mol. The maximum atomic E-state index is 13.1. The van der Waals surface area contributed by atoms with E-state index < -0.39 is 0 Å². The van der Waals surface area contributed by atoms with Gasteiger partial charge in [-0.15, -0.1) is 11.8 Å². The molecule has 1 aliphatic rings. The Morgan fingerprint density at radius 3 is 2.28 bits per heavy atom. The Morgan fingerprint density at radius 2 is 1.68 bits per heavy atom. The van der Waals surface area contributed by atoms with Gasteiger partial charge in [-0.25, -0.2) is 4.90 Å². The summed E-state index contributed by atoms with van der Waals surface area (Å²) in [6, 6.07) is 12.7. The van der Waals surface area contributed by atoms with Crippen LogP contribution in [0.5, 0.6) is 0 Å². The molecule has 2 aromatic carbocycles. The van der Waals surface area contributed by atoms with Crippen molar-refractivity contribution >= 4 is 46.4 Å².